The molecule has 4 heteroatoms. The van der Waals surface area contributed by atoms with E-state index in [1.54, 1.807) is 4.90 Å². The second-order valence-electron chi connectivity index (χ2n) is 5.51. The number of nitrogens with two attached hydrogens (primary N) is 1. The number of carbonyl (C=O) groups excluding carboxylic acids is 1. The lowest BCUT2D eigenvalue weighted by Crippen LogP contribution is -2.38. The van der Waals surface area contributed by atoms with Crippen molar-refractivity contribution in [1.82, 2.24) is 5.32 Å². The Bertz CT molecular complexity index is 675. The van der Waals surface area contributed by atoms with Gasteiger partial charge in [-0.3, -0.25) is 4.90 Å². The molecular formula is C19H21N3O. The predicted octanol–water partition coefficient (Wildman–Crippen LogP) is 3.76. The Kier molecular flexibility index (Phi) is 4.74. The summed E-state index contributed by atoms with van der Waals surface area (Å²) in [5.74, 6) is 0. The van der Waals surface area contributed by atoms with Gasteiger partial charge >= 0.3 is 6.03 Å². The van der Waals surface area contributed by atoms with Crippen LogP contribution >= 0.6 is 0 Å². The van der Waals surface area contributed by atoms with Crippen molar-refractivity contribution in [2.75, 3.05) is 18.0 Å². The van der Waals surface area contributed by atoms with Crippen LogP contribution in [0.3, 0.4) is 0 Å². The van der Waals surface area contributed by atoms with Crippen LogP contribution in [0.25, 0.3) is 12.2 Å². The molecule has 2 aromatic rings. The summed E-state index contributed by atoms with van der Waals surface area (Å²) in [5.41, 5.74) is 9.35. The number of carbonyl (C=O) groups is 1. The lowest BCUT2D eigenvalue weighted by Gasteiger charge is -2.25. The van der Waals surface area contributed by atoms with E-state index in [9.17, 15) is 4.79 Å². The molecule has 3 rings (SSSR count). The topological polar surface area (TPSA) is 58.4 Å². The number of unbranched alkanes of at least 4 members (excludes halogenated alkanes) is 1. The molecule has 2 amide bonds. The SMILES string of the molecule is NCCCCNC(=O)N1c2ccccc2C=Cc2ccccc21. The van der Waals surface area contributed by atoms with Gasteiger partial charge in [0.05, 0.1) is 11.4 Å². The van der Waals surface area contributed by atoms with Crippen molar-refractivity contribution in [1.29, 1.82) is 0 Å². The number of fused-ring (bicyclic) bond motifs is 2. The van der Waals surface area contributed by atoms with Gasteiger partial charge in [-0.05, 0) is 42.6 Å². The molecule has 2 aromatic carbocycles. The molecule has 0 fully saturated rings. The van der Waals surface area contributed by atoms with E-state index in [4.69, 9.17) is 5.73 Å². The fourth-order valence-electron chi connectivity index (χ4n) is 2.74. The summed E-state index contributed by atoms with van der Waals surface area (Å²) in [7, 11) is 0. The van der Waals surface area contributed by atoms with Crippen LogP contribution in [0.1, 0.15) is 24.0 Å². The molecule has 0 spiro atoms. The maximum atomic E-state index is 12.8. The normalized spacial score (nSPS) is 12.3. The van der Waals surface area contributed by atoms with Gasteiger partial charge in [-0.15, -0.1) is 0 Å². The molecule has 1 aliphatic heterocycles. The Morgan fingerprint density at radius 1 is 0.913 bits per heavy atom. The van der Waals surface area contributed by atoms with Crippen LogP contribution < -0.4 is 16.0 Å². The van der Waals surface area contributed by atoms with E-state index in [0.29, 0.717) is 13.1 Å². The van der Waals surface area contributed by atoms with Gasteiger partial charge in [0.1, 0.15) is 0 Å². The van der Waals surface area contributed by atoms with E-state index in [2.05, 4.69) is 17.5 Å². The third-order valence-corrected chi connectivity index (χ3v) is 3.91. The minimum absolute atomic E-state index is 0.106. The monoisotopic (exact) mass is 307 g/mol. The van der Waals surface area contributed by atoms with E-state index in [-0.39, 0.29) is 6.03 Å². The zero-order valence-corrected chi connectivity index (χ0v) is 13.0. The molecule has 3 N–H and O–H groups in total. The fourth-order valence-corrected chi connectivity index (χ4v) is 2.74. The molecule has 0 saturated carbocycles. The Labute approximate surface area is 136 Å². The number of para-hydroxylation sites is 2. The van der Waals surface area contributed by atoms with Crippen molar-refractivity contribution in [2.24, 2.45) is 5.73 Å². The molecule has 118 valence electrons. The first kappa shape index (κ1) is 15.3. The smallest absolute Gasteiger partial charge is 0.326 e. The maximum absolute atomic E-state index is 12.8. The molecular weight excluding hydrogens is 286 g/mol. The highest BCUT2D eigenvalue weighted by Gasteiger charge is 2.23. The quantitative estimate of drug-likeness (QED) is 0.845. The first-order valence-corrected chi connectivity index (χ1v) is 7.95. The van der Waals surface area contributed by atoms with Crippen LogP contribution in [0.4, 0.5) is 16.2 Å². The molecule has 1 heterocycles. The molecule has 0 saturated heterocycles. The van der Waals surface area contributed by atoms with E-state index in [1.165, 1.54) is 0 Å². The first-order valence-electron chi connectivity index (χ1n) is 7.95. The summed E-state index contributed by atoms with van der Waals surface area (Å²) >= 11 is 0. The van der Waals surface area contributed by atoms with Crippen LogP contribution in [0.2, 0.25) is 0 Å². The van der Waals surface area contributed by atoms with Crippen molar-refractivity contribution in [2.45, 2.75) is 12.8 Å². The third kappa shape index (κ3) is 3.27. The van der Waals surface area contributed by atoms with Crippen LogP contribution in [-0.2, 0) is 0 Å². The first-order chi connectivity index (χ1) is 11.3. The average Bonchev–Trinajstić information content (AvgIpc) is 2.75. The van der Waals surface area contributed by atoms with Gasteiger partial charge in [0.15, 0.2) is 0 Å². The van der Waals surface area contributed by atoms with Crippen LogP contribution in [0, 0.1) is 0 Å². The van der Waals surface area contributed by atoms with E-state index < -0.39 is 0 Å². The molecule has 0 atom stereocenters. The molecule has 0 unspecified atom stereocenters. The van der Waals surface area contributed by atoms with Gasteiger partial charge in [-0.25, -0.2) is 4.79 Å². The Morgan fingerprint density at radius 3 is 2.04 bits per heavy atom. The van der Waals surface area contributed by atoms with Gasteiger partial charge in [-0.1, -0.05) is 48.6 Å². The van der Waals surface area contributed by atoms with E-state index in [1.807, 2.05) is 48.5 Å². The number of hydrogen-bond donors (Lipinski definition) is 2. The number of hydrogen-bond acceptors (Lipinski definition) is 2. The van der Waals surface area contributed by atoms with Crippen LogP contribution in [0.15, 0.2) is 48.5 Å². The van der Waals surface area contributed by atoms with Crippen LogP contribution in [0.5, 0.6) is 0 Å². The molecule has 4 nitrogen and oxygen atoms in total. The Balaban J connectivity index is 1.94. The molecule has 0 aliphatic carbocycles. The molecule has 0 aromatic heterocycles. The van der Waals surface area contributed by atoms with Gasteiger partial charge in [0, 0.05) is 6.54 Å². The summed E-state index contributed by atoms with van der Waals surface area (Å²) in [6.45, 7) is 1.28. The Morgan fingerprint density at radius 2 is 1.48 bits per heavy atom. The van der Waals surface area contributed by atoms with Crippen molar-refractivity contribution in [3.63, 3.8) is 0 Å². The molecule has 0 radical (unpaired) electrons. The van der Waals surface area contributed by atoms with Crippen molar-refractivity contribution < 1.29 is 4.79 Å². The molecule has 23 heavy (non-hydrogen) atoms. The number of anilines is 2. The zero-order valence-electron chi connectivity index (χ0n) is 13.0. The summed E-state index contributed by atoms with van der Waals surface area (Å²) in [5, 5.41) is 3.00. The second-order valence-corrected chi connectivity index (χ2v) is 5.51. The lowest BCUT2D eigenvalue weighted by molar-refractivity contribution is 0.248. The number of rotatable bonds is 4. The second kappa shape index (κ2) is 7.11. The highest BCUT2D eigenvalue weighted by molar-refractivity contribution is 6.05. The standard InChI is InChI=1S/C19H21N3O/c20-13-5-6-14-21-19(23)22-17-9-3-1-7-15(17)11-12-16-8-2-4-10-18(16)22/h1-4,7-12H,5-6,13-14,20H2,(H,21,23). The average molecular weight is 307 g/mol. The highest BCUT2D eigenvalue weighted by Crippen LogP contribution is 2.36. The van der Waals surface area contributed by atoms with Crippen molar-refractivity contribution in [3.05, 3.63) is 59.7 Å². The van der Waals surface area contributed by atoms with E-state index in [0.717, 1.165) is 35.3 Å². The Hall–Kier alpha value is -2.59. The summed E-state index contributed by atoms with van der Waals surface area (Å²) in [6, 6.07) is 15.8. The number of urea groups is 1. The van der Waals surface area contributed by atoms with Gasteiger partial charge in [-0.2, -0.15) is 0 Å². The number of amides is 2. The largest absolute Gasteiger partial charge is 0.337 e. The van der Waals surface area contributed by atoms with Crippen molar-refractivity contribution >= 4 is 29.6 Å². The number of nitrogens with one attached hydrogen (secondary N) is 1. The zero-order chi connectivity index (χ0) is 16.1. The minimum Gasteiger partial charge on any atom is -0.337 e. The highest BCUT2D eigenvalue weighted by atomic mass is 16.2. The van der Waals surface area contributed by atoms with Crippen molar-refractivity contribution in [3.8, 4) is 0 Å². The summed E-state index contributed by atoms with van der Waals surface area (Å²) in [6.07, 6.45) is 5.90. The third-order valence-electron chi connectivity index (χ3n) is 3.91. The minimum atomic E-state index is -0.106. The van der Waals surface area contributed by atoms with Gasteiger partial charge in [0.2, 0.25) is 0 Å². The summed E-state index contributed by atoms with van der Waals surface area (Å²) in [4.78, 5) is 14.6. The lowest BCUT2D eigenvalue weighted by atomic mass is 10.1. The van der Waals surface area contributed by atoms with E-state index >= 15 is 0 Å². The maximum Gasteiger partial charge on any atom is 0.326 e. The van der Waals surface area contributed by atoms with Gasteiger partial charge in [0.25, 0.3) is 0 Å². The van der Waals surface area contributed by atoms with Gasteiger partial charge < -0.3 is 11.1 Å². The summed E-state index contributed by atoms with van der Waals surface area (Å²) < 4.78 is 0. The van der Waals surface area contributed by atoms with Crippen LogP contribution in [-0.4, -0.2) is 19.1 Å². The number of nitrogens with zero attached hydrogens (tertiary/aromatic N) is 1. The molecule has 1 aliphatic rings. The fraction of sp³-hybridized carbons (Fsp3) is 0.211. The predicted molar refractivity (Wildman–Crippen MR) is 95.6 cm³/mol. The number of benzene rings is 2. The molecule has 0 bridgehead atoms.